The van der Waals surface area contributed by atoms with Gasteiger partial charge < -0.3 is 9.64 Å². The van der Waals surface area contributed by atoms with Crippen LogP contribution in [-0.4, -0.2) is 60.5 Å². The lowest BCUT2D eigenvalue weighted by Gasteiger charge is -2.33. The van der Waals surface area contributed by atoms with Crippen LogP contribution in [0.15, 0.2) is 18.2 Å². The molecule has 2 aliphatic heterocycles. The average Bonchev–Trinajstić information content (AvgIpc) is 3.12. The molecule has 1 aromatic rings. The highest BCUT2D eigenvalue weighted by Gasteiger charge is 2.33. The van der Waals surface area contributed by atoms with E-state index >= 15 is 0 Å². The predicted molar refractivity (Wildman–Crippen MR) is 106 cm³/mol. The van der Waals surface area contributed by atoms with Crippen molar-refractivity contribution in [3.8, 4) is 0 Å². The molecule has 2 fully saturated rings. The first kappa shape index (κ1) is 21.1. The van der Waals surface area contributed by atoms with Crippen LogP contribution < -0.4 is 0 Å². The third-order valence-corrected chi connectivity index (χ3v) is 6.09. The topological polar surface area (TPSA) is 49.9 Å². The zero-order chi connectivity index (χ0) is 20.1. The molecule has 2 atom stereocenters. The SMILES string of the molecule is CCOC(=O)C1CCCN(C(=O)CN2CCCC2Cc2c(F)cccc2Cl)C1. The van der Waals surface area contributed by atoms with Gasteiger partial charge in [0.1, 0.15) is 5.82 Å². The molecule has 0 aromatic heterocycles. The number of halogens is 2. The van der Waals surface area contributed by atoms with Crippen LogP contribution >= 0.6 is 11.6 Å². The molecule has 0 N–H and O–H groups in total. The molecule has 5 nitrogen and oxygen atoms in total. The minimum atomic E-state index is -0.293. The molecule has 0 aliphatic carbocycles. The Kier molecular flexibility index (Phi) is 7.30. The van der Waals surface area contributed by atoms with Gasteiger partial charge in [0, 0.05) is 29.7 Å². The number of hydrogen-bond donors (Lipinski definition) is 0. The van der Waals surface area contributed by atoms with Crippen molar-refractivity contribution in [1.82, 2.24) is 9.80 Å². The minimum Gasteiger partial charge on any atom is -0.466 e. The van der Waals surface area contributed by atoms with Gasteiger partial charge in [-0.2, -0.15) is 0 Å². The predicted octanol–water partition coefficient (Wildman–Crippen LogP) is 3.29. The van der Waals surface area contributed by atoms with E-state index in [-0.39, 0.29) is 29.7 Å². The summed E-state index contributed by atoms with van der Waals surface area (Å²) in [6, 6.07) is 4.83. The first-order valence-corrected chi connectivity index (χ1v) is 10.5. The van der Waals surface area contributed by atoms with Gasteiger partial charge in [0.05, 0.1) is 19.1 Å². The number of rotatable bonds is 6. The molecule has 28 heavy (non-hydrogen) atoms. The molecular weight excluding hydrogens is 383 g/mol. The van der Waals surface area contributed by atoms with Crippen LogP contribution in [0, 0.1) is 11.7 Å². The van der Waals surface area contributed by atoms with Crippen molar-refractivity contribution in [2.45, 2.75) is 45.1 Å². The summed E-state index contributed by atoms with van der Waals surface area (Å²) in [5, 5.41) is 0.437. The van der Waals surface area contributed by atoms with Crippen molar-refractivity contribution in [3.05, 3.63) is 34.6 Å². The van der Waals surface area contributed by atoms with Crippen molar-refractivity contribution in [3.63, 3.8) is 0 Å². The first-order chi connectivity index (χ1) is 13.5. The zero-order valence-electron chi connectivity index (χ0n) is 16.3. The van der Waals surface area contributed by atoms with E-state index in [2.05, 4.69) is 4.90 Å². The minimum absolute atomic E-state index is 0.0283. The van der Waals surface area contributed by atoms with Gasteiger partial charge in [0.2, 0.25) is 5.91 Å². The summed E-state index contributed by atoms with van der Waals surface area (Å²) in [5.41, 5.74) is 0.522. The van der Waals surface area contributed by atoms with Gasteiger partial charge in [-0.25, -0.2) is 4.39 Å². The summed E-state index contributed by atoms with van der Waals surface area (Å²) in [7, 11) is 0. The molecule has 2 heterocycles. The standard InChI is InChI=1S/C21H28ClFN2O3/c1-2-28-21(27)15-6-4-11-25(13-15)20(26)14-24-10-5-7-16(24)12-17-18(22)8-3-9-19(17)23/h3,8-9,15-16H,2,4-7,10-14H2,1H3. The second-order valence-electron chi connectivity index (χ2n) is 7.60. The van der Waals surface area contributed by atoms with Crippen LogP contribution in [-0.2, 0) is 20.7 Å². The van der Waals surface area contributed by atoms with E-state index < -0.39 is 0 Å². The highest BCUT2D eigenvalue weighted by atomic mass is 35.5. The Morgan fingerprint density at radius 2 is 2.04 bits per heavy atom. The number of carbonyl (C=O) groups excluding carboxylic acids is 2. The molecule has 0 radical (unpaired) electrons. The fourth-order valence-corrected chi connectivity index (χ4v) is 4.47. The maximum Gasteiger partial charge on any atom is 0.310 e. The molecule has 2 saturated heterocycles. The number of piperidine rings is 1. The Balaban J connectivity index is 1.59. The van der Waals surface area contributed by atoms with Crippen LogP contribution in [0.2, 0.25) is 5.02 Å². The first-order valence-electron chi connectivity index (χ1n) is 10.1. The lowest BCUT2D eigenvalue weighted by Crippen LogP contribution is -2.48. The van der Waals surface area contributed by atoms with Gasteiger partial charge in [-0.05, 0) is 57.7 Å². The summed E-state index contributed by atoms with van der Waals surface area (Å²) in [6.07, 6.45) is 3.98. The maximum absolute atomic E-state index is 14.1. The Bertz CT molecular complexity index is 695. The van der Waals surface area contributed by atoms with Crippen molar-refractivity contribution in [2.75, 3.05) is 32.8 Å². The number of carbonyl (C=O) groups is 2. The van der Waals surface area contributed by atoms with E-state index in [0.717, 1.165) is 32.2 Å². The van der Waals surface area contributed by atoms with Gasteiger partial charge in [0.15, 0.2) is 0 Å². The molecule has 3 rings (SSSR count). The molecular formula is C21H28ClFN2O3. The van der Waals surface area contributed by atoms with E-state index in [1.54, 1.807) is 24.0 Å². The fourth-order valence-electron chi connectivity index (χ4n) is 4.23. The summed E-state index contributed by atoms with van der Waals surface area (Å²) in [6.45, 7) is 4.36. The average molecular weight is 411 g/mol. The quantitative estimate of drug-likeness (QED) is 0.675. The molecule has 7 heteroatoms. The molecule has 0 saturated carbocycles. The maximum atomic E-state index is 14.1. The molecule has 154 valence electrons. The van der Waals surface area contributed by atoms with Crippen molar-refractivity contribution in [2.24, 2.45) is 5.92 Å². The van der Waals surface area contributed by atoms with E-state index in [0.29, 0.717) is 43.2 Å². The summed E-state index contributed by atoms with van der Waals surface area (Å²) in [5.74, 6) is -0.711. The summed E-state index contributed by atoms with van der Waals surface area (Å²) < 4.78 is 19.3. The third kappa shape index (κ3) is 5.03. The number of esters is 1. The highest BCUT2D eigenvalue weighted by molar-refractivity contribution is 6.31. The molecule has 2 unspecified atom stereocenters. The number of likely N-dealkylation sites (tertiary alicyclic amines) is 2. The summed E-state index contributed by atoms with van der Waals surface area (Å²) >= 11 is 6.18. The van der Waals surface area contributed by atoms with Crippen LogP contribution in [0.1, 0.15) is 38.2 Å². The van der Waals surface area contributed by atoms with Crippen LogP contribution in [0.5, 0.6) is 0 Å². The summed E-state index contributed by atoms with van der Waals surface area (Å²) in [4.78, 5) is 28.8. The highest BCUT2D eigenvalue weighted by Crippen LogP contribution is 2.27. The second kappa shape index (κ2) is 9.70. The van der Waals surface area contributed by atoms with E-state index in [9.17, 15) is 14.0 Å². The van der Waals surface area contributed by atoms with E-state index in [1.807, 2.05) is 0 Å². The number of hydrogen-bond acceptors (Lipinski definition) is 4. The molecule has 0 spiro atoms. The monoisotopic (exact) mass is 410 g/mol. The van der Waals surface area contributed by atoms with Gasteiger partial charge in [-0.1, -0.05) is 17.7 Å². The Morgan fingerprint density at radius 1 is 1.25 bits per heavy atom. The normalized spacial score (nSPS) is 23.0. The number of nitrogens with zero attached hydrogens (tertiary/aromatic N) is 2. The number of ether oxygens (including phenoxy) is 1. The van der Waals surface area contributed by atoms with Crippen LogP contribution in [0.3, 0.4) is 0 Å². The lowest BCUT2D eigenvalue weighted by atomic mass is 9.98. The lowest BCUT2D eigenvalue weighted by molar-refractivity contribution is -0.151. The van der Waals surface area contributed by atoms with Crippen molar-refractivity contribution in [1.29, 1.82) is 0 Å². The van der Waals surface area contributed by atoms with Gasteiger partial charge in [-0.15, -0.1) is 0 Å². The molecule has 2 aliphatic rings. The van der Waals surface area contributed by atoms with Crippen LogP contribution in [0.4, 0.5) is 4.39 Å². The second-order valence-corrected chi connectivity index (χ2v) is 8.01. The Hall–Kier alpha value is -1.66. The molecule has 1 aromatic carbocycles. The fraction of sp³-hybridized carbons (Fsp3) is 0.619. The molecule has 1 amide bonds. The zero-order valence-corrected chi connectivity index (χ0v) is 17.1. The van der Waals surface area contributed by atoms with Crippen molar-refractivity contribution >= 4 is 23.5 Å². The number of benzene rings is 1. The van der Waals surface area contributed by atoms with E-state index in [1.165, 1.54) is 6.07 Å². The Morgan fingerprint density at radius 3 is 2.79 bits per heavy atom. The largest absolute Gasteiger partial charge is 0.466 e. The third-order valence-electron chi connectivity index (χ3n) is 5.73. The number of amides is 1. The van der Waals surface area contributed by atoms with Gasteiger partial charge >= 0.3 is 5.97 Å². The van der Waals surface area contributed by atoms with Crippen molar-refractivity contribution < 1.29 is 18.7 Å². The van der Waals surface area contributed by atoms with Gasteiger partial charge in [0.25, 0.3) is 0 Å². The van der Waals surface area contributed by atoms with Crippen LogP contribution in [0.25, 0.3) is 0 Å². The smallest absolute Gasteiger partial charge is 0.310 e. The van der Waals surface area contributed by atoms with E-state index in [4.69, 9.17) is 16.3 Å². The Labute approximate surface area is 170 Å². The molecule has 0 bridgehead atoms. The van der Waals surface area contributed by atoms with Gasteiger partial charge in [-0.3, -0.25) is 14.5 Å².